The zero-order valence-electron chi connectivity index (χ0n) is 9.52. The number of aromatic amines is 1. The van der Waals surface area contributed by atoms with Gasteiger partial charge in [-0.05, 0) is 6.07 Å². The molecule has 0 fully saturated rings. The fourth-order valence-corrected chi connectivity index (χ4v) is 1.87. The molecule has 3 aromatic rings. The number of fused-ring (bicyclic) bond motifs is 3. The number of hydrogen-bond acceptors (Lipinski definition) is 3. The predicted molar refractivity (Wildman–Crippen MR) is 61.3 cm³/mol. The van der Waals surface area contributed by atoms with Crippen LogP contribution < -0.4 is 0 Å². The van der Waals surface area contributed by atoms with Crippen LogP contribution in [-0.2, 0) is 5.41 Å². The number of nitrogens with zero attached hydrogens (tertiary/aromatic N) is 4. The van der Waals surface area contributed by atoms with E-state index in [1.54, 1.807) is 6.20 Å². The minimum atomic E-state index is -0.0207. The normalized spacial score (nSPS) is 12.7. The lowest BCUT2D eigenvalue weighted by atomic mass is 9.96. The van der Waals surface area contributed by atoms with Crippen LogP contribution >= 0.6 is 0 Å². The average Bonchev–Trinajstić information content (AvgIpc) is 2.81. The molecule has 0 atom stereocenters. The van der Waals surface area contributed by atoms with Crippen LogP contribution in [-0.4, -0.2) is 24.8 Å². The lowest BCUT2D eigenvalue weighted by molar-refractivity contribution is 0.539. The molecular weight excluding hydrogens is 202 g/mol. The number of aromatic nitrogens is 5. The molecule has 0 radical (unpaired) electrons. The van der Waals surface area contributed by atoms with Crippen molar-refractivity contribution in [3.8, 4) is 0 Å². The predicted octanol–water partition coefficient (Wildman–Crippen LogP) is 1.90. The van der Waals surface area contributed by atoms with E-state index < -0.39 is 0 Å². The van der Waals surface area contributed by atoms with Gasteiger partial charge in [-0.1, -0.05) is 20.8 Å². The highest BCUT2D eigenvalue weighted by atomic mass is 15.3. The summed E-state index contributed by atoms with van der Waals surface area (Å²) in [5.41, 5.74) is 1.75. The first-order chi connectivity index (χ1) is 7.57. The van der Waals surface area contributed by atoms with E-state index in [0.29, 0.717) is 0 Å². The Kier molecular flexibility index (Phi) is 1.64. The molecule has 0 saturated carbocycles. The highest BCUT2D eigenvalue weighted by Gasteiger charge is 2.21. The van der Waals surface area contributed by atoms with Gasteiger partial charge in [0.25, 0.3) is 0 Å². The van der Waals surface area contributed by atoms with Crippen LogP contribution in [0.3, 0.4) is 0 Å². The molecule has 3 rings (SSSR count). The maximum atomic E-state index is 4.26. The molecule has 0 aliphatic heterocycles. The van der Waals surface area contributed by atoms with Gasteiger partial charge in [0.15, 0.2) is 5.65 Å². The van der Waals surface area contributed by atoms with Crippen LogP contribution in [0.4, 0.5) is 0 Å². The van der Waals surface area contributed by atoms with Crippen LogP contribution in [0, 0.1) is 0 Å². The Balaban J connectivity index is 2.44. The van der Waals surface area contributed by atoms with Gasteiger partial charge in [0.2, 0.25) is 0 Å². The van der Waals surface area contributed by atoms with E-state index in [9.17, 15) is 0 Å². The first kappa shape index (κ1) is 9.33. The molecule has 0 aliphatic rings. The summed E-state index contributed by atoms with van der Waals surface area (Å²) in [7, 11) is 0. The first-order valence-corrected chi connectivity index (χ1v) is 5.25. The number of hydrogen-bond donors (Lipinski definition) is 1. The third-order valence-corrected chi connectivity index (χ3v) is 2.66. The zero-order valence-corrected chi connectivity index (χ0v) is 9.52. The van der Waals surface area contributed by atoms with Gasteiger partial charge in [-0.3, -0.25) is 9.50 Å². The Morgan fingerprint density at radius 3 is 2.81 bits per heavy atom. The second kappa shape index (κ2) is 2.81. The lowest BCUT2D eigenvalue weighted by Crippen LogP contribution is -2.15. The summed E-state index contributed by atoms with van der Waals surface area (Å²) in [6.07, 6.45) is 3.79. The van der Waals surface area contributed by atoms with Crippen LogP contribution in [0.25, 0.3) is 16.6 Å². The van der Waals surface area contributed by atoms with Crippen LogP contribution in [0.15, 0.2) is 18.5 Å². The van der Waals surface area contributed by atoms with E-state index in [4.69, 9.17) is 0 Å². The third kappa shape index (κ3) is 1.14. The molecular formula is C11H13N5. The number of H-pyrrole nitrogens is 1. The smallest absolute Gasteiger partial charge is 0.186 e. The second-order valence-corrected chi connectivity index (χ2v) is 4.98. The van der Waals surface area contributed by atoms with Gasteiger partial charge < -0.3 is 0 Å². The summed E-state index contributed by atoms with van der Waals surface area (Å²) in [5.74, 6) is 0.957. The van der Waals surface area contributed by atoms with Crippen LogP contribution in [0.5, 0.6) is 0 Å². The number of rotatable bonds is 0. The molecule has 3 heterocycles. The highest BCUT2D eigenvalue weighted by molar-refractivity contribution is 5.89. The van der Waals surface area contributed by atoms with Crippen LogP contribution in [0.1, 0.15) is 26.6 Å². The summed E-state index contributed by atoms with van der Waals surface area (Å²) in [6, 6.07) is 2.02. The van der Waals surface area contributed by atoms with Gasteiger partial charge in [0, 0.05) is 17.0 Å². The van der Waals surface area contributed by atoms with Gasteiger partial charge in [-0.15, -0.1) is 10.2 Å². The SMILES string of the molecule is CC(C)(C)c1nnc2c3[nH]ncc3ccn12. The average molecular weight is 215 g/mol. The van der Waals surface area contributed by atoms with Crippen molar-refractivity contribution in [2.24, 2.45) is 0 Å². The maximum Gasteiger partial charge on any atom is 0.186 e. The van der Waals surface area contributed by atoms with Gasteiger partial charge in [0.05, 0.1) is 6.20 Å². The largest absolute Gasteiger partial charge is 0.284 e. The second-order valence-electron chi connectivity index (χ2n) is 4.98. The van der Waals surface area contributed by atoms with E-state index in [-0.39, 0.29) is 5.41 Å². The molecule has 0 aromatic carbocycles. The van der Waals surface area contributed by atoms with E-state index >= 15 is 0 Å². The molecule has 0 unspecified atom stereocenters. The highest BCUT2D eigenvalue weighted by Crippen LogP contribution is 2.23. The Labute approximate surface area is 92.5 Å². The molecule has 5 nitrogen and oxygen atoms in total. The Bertz CT molecular complexity index is 656. The Morgan fingerprint density at radius 1 is 1.25 bits per heavy atom. The van der Waals surface area contributed by atoms with Crippen molar-refractivity contribution in [3.05, 3.63) is 24.3 Å². The van der Waals surface area contributed by atoms with Crippen molar-refractivity contribution in [1.29, 1.82) is 0 Å². The minimum absolute atomic E-state index is 0.0207. The van der Waals surface area contributed by atoms with E-state index in [0.717, 1.165) is 22.4 Å². The summed E-state index contributed by atoms with van der Waals surface area (Å²) in [4.78, 5) is 0. The van der Waals surface area contributed by atoms with Crippen molar-refractivity contribution >= 4 is 16.6 Å². The van der Waals surface area contributed by atoms with Gasteiger partial charge >= 0.3 is 0 Å². The zero-order chi connectivity index (χ0) is 11.3. The first-order valence-electron chi connectivity index (χ1n) is 5.25. The van der Waals surface area contributed by atoms with Gasteiger partial charge in [-0.2, -0.15) is 5.10 Å². The third-order valence-electron chi connectivity index (χ3n) is 2.66. The quantitative estimate of drug-likeness (QED) is 0.623. The lowest BCUT2D eigenvalue weighted by Gasteiger charge is -2.15. The molecule has 0 spiro atoms. The molecule has 3 aromatic heterocycles. The van der Waals surface area contributed by atoms with Crippen molar-refractivity contribution in [3.63, 3.8) is 0 Å². The molecule has 0 saturated heterocycles. The summed E-state index contributed by atoms with van der Waals surface area (Å²) in [5, 5.41) is 16.5. The standard InChI is InChI=1S/C11H13N5/c1-11(2,3)10-15-14-9-8-7(6-12-13-8)4-5-16(9)10/h4-6H,1-3H3,(H,12,13). The molecule has 16 heavy (non-hydrogen) atoms. The summed E-state index contributed by atoms with van der Waals surface area (Å²) >= 11 is 0. The van der Waals surface area contributed by atoms with Crippen molar-refractivity contribution in [2.75, 3.05) is 0 Å². The molecule has 1 N–H and O–H groups in total. The van der Waals surface area contributed by atoms with Gasteiger partial charge in [0.1, 0.15) is 11.3 Å². The fourth-order valence-electron chi connectivity index (χ4n) is 1.87. The molecule has 0 amide bonds. The Morgan fingerprint density at radius 2 is 2.06 bits per heavy atom. The van der Waals surface area contributed by atoms with Crippen molar-refractivity contribution < 1.29 is 0 Å². The van der Waals surface area contributed by atoms with Gasteiger partial charge in [-0.25, -0.2) is 0 Å². The Hall–Kier alpha value is -1.91. The number of pyridine rings is 1. The number of nitrogens with one attached hydrogen (secondary N) is 1. The minimum Gasteiger partial charge on any atom is -0.284 e. The van der Waals surface area contributed by atoms with E-state index in [1.807, 2.05) is 16.7 Å². The molecule has 0 aliphatic carbocycles. The maximum absolute atomic E-state index is 4.26. The molecule has 0 bridgehead atoms. The van der Waals surface area contributed by atoms with Crippen LogP contribution in [0.2, 0.25) is 0 Å². The monoisotopic (exact) mass is 215 g/mol. The topological polar surface area (TPSA) is 58.9 Å². The summed E-state index contributed by atoms with van der Waals surface area (Å²) < 4.78 is 2.01. The fraction of sp³-hybridized carbons (Fsp3) is 0.364. The van der Waals surface area contributed by atoms with Crippen molar-refractivity contribution in [1.82, 2.24) is 24.8 Å². The van der Waals surface area contributed by atoms with Crippen molar-refractivity contribution in [2.45, 2.75) is 26.2 Å². The molecule has 5 heteroatoms. The molecule has 82 valence electrons. The summed E-state index contributed by atoms with van der Waals surface area (Å²) in [6.45, 7) is 6.38. The van der Waals surface area contributed by atoms with E-state index in [2.05, 4.69) is 41.2 Å². The van der Waals surface area contributed by atoms with E-state index in [1.165, 1.54) is 0 Å².